The summed E-state index contributed by atoms with van der Waals surface area (Å²) in [6.45, 7) is 4.61. The zero-order chi connectivity index (χ0) is 15.4. The minimum absolute atomic E-state index is 0.452. The molecule has 116 valence electrons. The normalized spacial score (nSPS) is 14.9. The van der Waals surface area contributed by atoms with Crippen molar-refractivity contribution in [3.8, 4) is 5.75 Å². The molecule has 1 aliphatic rings. The summed E-state index contributed by atoms with van der Waals surface area (Å²) in [4.78, 5) is 2.37. The second-order valence-electron chi connectivity index (χ2n) is 5.30. The van der Waals surface area contributed by atoms with Gasteiger partial charge < -0.3 is 15.0 Å². The molecular weight excluding hydrogens is 319 g/mol. The second-order valence-corrected chi connectivity index (χ2v) is 6.17. The molecule has 5 heteroatoms. The van der Waals surface area contributed by atoms with Crippen LogP contribution in [0.2, 0.25) is 10.0 Å². The van der Waals surface area contributed by atoms with Crippen molar-refractivity contribution < 1.29 is 4.74 Å². The summed E-state index contributed by atoms with van der Waals surface area (Å²) in [5.41, 5.74) is 2.20. The van der Waals surface area contributed by atoms with Crippen molar-refractivity contribution in [2.24, 2.45) is 0 Å². The Balaban J connectivity index is 1.61. The first-order valence-electron chi connectivity index (χ1n) is 7.34. The van der Waals surface area contributed by atoms with Gasteiger partial charge in [0.1, 0.15) is 12.4 Å². The maximum atomic E-state index is 5.99. The third-order valence-electron chi connectivity index (χ3n) is 3.65. The van der Waals surface area contributed by atoms with E-state index in [1.54, 1.807) is 6.07 Å². The minimum atomic E-state index is 0.452. The molecular formula is C17H18Cl2N2O. The van der Waals surface area contributed by atoms with Crippen molar-refractivity contribution in [2.45, 2.75) is 6.61 Å². The zero-order valence-electron chi connectivity index (χ0n) is 12.2. The van der Waals surface area contributed by atoms with Crippen LogP contribution in [0, 0.1) is 0 Å². The molecule has 1 N–H and O–H groups in total. The number of rotatable bonds is 4. The van der Waals surface area contributed by atoms with E-state index >= 15 is 0 Å². The van der Waals surface area contributed by atoms with Gasteiger partial charge in [0.2, 0.25) is 0 Å². The quantitative estimate of drug-likeness (QED) is 0.913. The van der Waals surface area contributed by atoms with Crippen molar-refractivity contribution >= 4 is 28.9 Å². The van der Waals surface area contributed by atoms with Crippen molar-refractivity contribution in [1.82, 2.24) is 5.32 Å². The van der Waals surface area contributed by atoms with E-state index < -0.39 is 0 Å². The molecule has 3 rings (SSSR count). The van der Waals surface area contributed by atoms with Crippen LogP contribution in [0.1, 0.15) is 5.56 Å². The Morgan fingerprint density at radius 2 is 1.59 bits per heavy atom. The van der Waals surface area contributed by atoms with E-state index in [0.29, 0.717) is 16.7 Å². The molecule has 1 heterocycles. The molecule has 3 nitrogen and oxygen atoms in total. The van der Waals surface area contributed by atoms with Crippen LogP contribution < -0.4 is 15.0 Å². The summed E-state index contributed by atoms with van der Waals surface area (Å²) in [7, 11) is 0. The van der Waals surface area contributed by atoms with Crippen molar-refractivity contribution in [2.75, 3.05) is 31.1 Å². The molecule has 2 aromatic rings. The highest BCUT2D eigenvalue weighted by Crippen LogP contribution is 2.23. The molecule has 2 aromatic carbocycles. The Bertz CT molecular complexity index is 605. The van der Waals surface area contributed by atoms with E-state index in [-0.39, 0.29) is 0 Å². The molecule has 1 aliphatic heterocycles. The first-order chi connectivity index (χ1) is 10.7. The number of halogens is 2. The largest absolute Gasteiger partial charge is 0.489 e. The van der Waals surface area contributed by atoms with Crippen molar-refractivity contribution in [3.63, 3.8) is 0 Å². The Kier molecular flexibility index (Phi) is 5.08. The van der Waals surface area contributed by atoms with E-state index in [9.17, 15) is 0 Å². The highest BCUT2D eigenvalue weighted by atomic mass is 35.5. The van der Waals surface area contributed by atoms with E-state index in [4.69, 9.17) is 27.9 Å². The molecule has 0 aliphatic carbocycles. The monoisotopic (exact) mass is 336 g/mol. The van der Waals surface area contributed by atoms with Gasteiger partial charge >= 0.3 is 0 Å². The summed E-state index contributed by atoms with van der Waals surface area (Å²) in [5, 5.41) is 4.61. The van der Waals surface area contributed by atoms with Crippen LogP contribution in [0.3, 0.4) is 0 Å². The molecule has 0 saturated carbocycles. The molecule has 0 spiro atoms. The number of anilines is 1. The van der Waals surface area contributed by atoms with Gasteiger partial charge in [0.15, 0.2) is 0 Å². The van der Waals surface area contributed by atoms with E-state index in [0.717, 1.165) is 37.5 Å². The predicted molar refractivity (Wildman–Crippen MR) is 92.3 cm³/mol. The van der Waals surface area contributed by atoms with Crippen LogP contribution >= 0.6 is 23.2 Å². The van der Waals surface area contributed by atoms with Gasteiger partial charge in [0, 0.05) is 41.9 Å². The smallest absolute Gasteiger partial charge is 0.119 e. The van der Waals surface area contributed by atoms with Gasteiger partial charge in [0.05, 0.1) is 0 Å². The standard InChI is InChI=1S/C17H18Cl2N2O/c18-14-9-13(10-15(19)11-14)12-22-17-3-1-16(2-4-17)21-7-5-20-6-8-21/h1-4,9-11,20H,5-8,12H2. The van der Waals surface area contributed by atoms with Gasteiger partial charge in [-0.05, 0) is 48.0 Å². The Labute approximate surface area is 140 Å². The SMILES string of the molecule is Clc1cc(Cl)cc(COc2ccc(N3CCNCC3)cc2)c1. The summed E-state index contributed by atoms with van der Waals surface area (Å²) in [6, 6.07) is 13.7. The zero-order valence-corrected chi connectivity index (χ0v) is 13.7. The van der Waals surface area contributed by atoms with Crippen LogP contribution in [-0.4, -0.2) is 26.2 Å². The molecule has 0 aromatic heterocycles. The Morgan fingerprint density at radius 1 is 0.955 bits per heavy atom. The number of piperazine rings is 1. The summed E-state index contributed by atoms with van der Waals surface area (Å²) < 4.78 is 5.80. The van der Waals surface area contributed by atoms with E-state index in [1.807, 2.05) is 24.3 Å². The lowest BCUT2D eigenvalue weighted by molar-refractivity contribution is 0.306. The average Bonchev–Trinajstić information content (AvgIpc) is 2.53. The summed E-state index contributed by atoms with van der Waals surface area (Å²) >= 11 is 12.0. The molecule has 0 unspecified atom stereocenters. The molecule has 1 saturated heterocycles. The highest BCUT2D eigenvalue weighted by molar-refractivity contribution is 6.34. The van der Waals surface area contributed by atoms with Gasteiger partial charge in [-0.1, -0.05) is 23.2 Å². The molecule has 22 heavy (non-hydrogen) atoms. The predicted octanol–water partition coefficient (Wildman–Crippen LogP) is 3.98. The third kappa shape index (κ3) is 4.07. The Hall–Kier alpha value is -1.42. The van der Waals surface area contributed by atoms with Crippen LogP contribution in [0.5, 0.6) is 5.75 Å². The maximum absolute atomic E-state index is 5.99. The first kappa shape index (κ1) is 15.5. The van der Waals surface area contributed by atoms with Gasteiger partial charge in [-0.2, -0.15) is 0 Å². The molecule has 0 radical (unpaired) electrons. The molecule has 0 atom stereocenters. The lowest BCUT2D eigenvalue weighted by atomic mass is 10.2. The number of nitrogens with one attached hydrogen (secondary N) is 1. The maximum Gasteiger partial charge on any atom is 0.119 e. The minimum Gasteiger partial charge on any atom is -0.489 e. The second kappa shape index (κ2) is 7.23. The first-order valence-corrected chi connectivity index (χ1v) is 8.10. The fourth-order valence-electron chi connectivity index (χ4n) is 2.54. The number of nitrogens with zero attached hydrogens (tertiary/aromatic N) is 1. The lowest BCUT2D eigenvalue weighted by Crippen LogP contribution is -2.43. The van der Waals surface area contributed by atoms with Crippen LogP contribution in [0.25, 0.3) is 0 Å². The molecule has 0 amide bonds. The van der Waals surface area contributed by atoms with Gasteiger partial charge in [-0.25, -0.2) is 0 Å². The van der Waals surface area contributed by atoms with Gasteiger partial charge in [-0.15, -0.1) is 0 Å². The number of ether oxygens (including phenoxy) is 1. The topological polar surface area (TPSA) is 24.5 Å². The van der Waals surface area contributed by atoms with E-state index in [2.05, 4.69) is 22.3 Å². The number of benzene rings is 2. The summed E-state index contributed by atoms with van der Waals surface area (Å²) in [6.07, 6.45) is 0. The van der Waals surface area contributed by atoms with Crippen LogP contribution in [-0.2, 0) is 6.61 Å². The fourth-order valence-corrected chi connectivity index (χ4v) is 3.11. The van der Waals surface area contributed by atoms with Crippen LogP contribution in [0.15, 0.2) is 42.5 Å². The molecule has 0 bridgehead atoms. The lowest BCUT2D eigenvalue weighted by Gasteiger charge is -2.29. The average molecular weight is 337 g/mol. The summed E-state index contributed by atoms with van der Waals surface area (Å²) in [5.74, 6) is 0.843. The van der Waals surface area contributed by atoms with Crippen LogP contribution in [0.4, 0.5) is 5.69 Å². The molecule has 1 fully saturated rings. The van der Waals surface area contributed by atoms with E-state index in [1.165, 1.54) is 5.69 Å². The fraction of sp³-hybridized carbons (Fsp3) is 0.294. The Morgan fingerprint density at radius 3 is 2.23 bits per heavy atom. The van der Waals surface area contributed by atoms with Crippen molar-refractivity contribution in [3.05, 3.63) is 58.1 Å². The number of hydrogen-bond donors (Lipinski definition) is 1. The van der Waals surface area contributed by atoms with Crippen molar-refractivity contribution in [1.29, 1.82) is 0 Å². The van der Waals surface area contributed by atoms with Gasteiger partial charge in [0.25, 0.3) is 0 Å². The number of hydrogen-bond acceptors (Lipinski definition) is 3. The van der Waals surface area contributed by atoms with Gasteiger partial charge in [-0.3, -0.25) is 0 Å². The third-order valence-corrected chi connectivity index (χ3v) is 4.08. The highest BCUT2D eigenvalue weighted by Gasteiger charge is 2.10.